The Balaban J connectivity index is 1.53. The summed E-state index contributed by atoms with van der Waals surface area (Å²) in [7, 11) is -2.10. The van der Waals surface area contributed by atoms with Crippen molar-refractivity contribution in [1.29, 1.82) is 0 Å². The zero-order valence-electron chi connectivity index (χ0n) is 22.5. The fourth-order valence-electron chi connectivity index (χ4n) is 4.49. The molecule has 0 spiro atoms. The Morgan fingerprint density at radius 2 is 1.95 bits per heavy atom. The lowest BCUT2D eigenvalue weighted by molar-refractivity contribution is -0.384. The van der Waals surface area contributed by atoms with Gasteiger partial charge in [-0.15, -0.1) is 0 Å². The molecule has 0 aliphatic carbocycles. The second-order valence-electron chi connectivity index (χ2n) is 11.2. The van der Waals surface area contributed by atoms with E-state index in [0.717, 1.165) is 9.80 Å². The molecule has 1 aromatic carbocycles. The normalized spacial score (nSPS) is 20.2. The van der Waals surface area contributed by atoms with E-state index in [9.17, 15) is 19.7 Å². The topological polar surface area (TPSA) is 112 Å². The van der Waals surface area contributed by atoms with Gasteiger partial charge < -0.3 is 14.1 Å². The molecule has 0 bridgehead atoms. The van der Waals surface area contributed by atoms with Crippen LogP contribution in [0.4, 0.5) is 5.69 Å². The summed E-state index contributed by atoms with van der Waals surface area (Å²) < 4.78 is 12.1. The molecule has 4 rings (SSSR count). The van der Waals surface area contributed by atoms with Crippen molar-refractivity contribution >= 4 is 37.6 Å². The smallest absolute Gasteiger partial charge is 0.356 e. The van der Waals surface area contributed by atoms with Crippen molar-refractivity contribution in [2.75, 3.05) is 0 Å². The summed E-state index contributed by atoms with van der Waals surface area (Å²) in [5.74, 6) is -1.07. The van der Waals surface area contributed by atoms with E-state index in [1.54, 1.807) is 29.4 Å². The van der Waals surface area contributed by atoms with Crippen LogP contribution in [0.15, 0.2) is 64.3 Å². The number of carbonyl (C=O) groups is 2. The van der Waals surface area contributed by atoms with Crippen LogP contribution in [0.2, 0.25) is 18.1 Å². The number of hydrogen-bond donors (Lipinski definition) is 0. The first-order chi connectivity index (χ1) is 17.8. The first-order valence-corrected chi connectivity index (χ1v) is 16.2. The van der Waals surface area contributed by atoms with Crippen LogP contribution in [0.1, 0.15) is 39.7 Å². The van der Waals surface area contributed by atoms with Crippen LogP contribution in [0.3, 0.4) is 0 Å². The number of aromatic nitrogens is 1. The average molecular weight is 556 g/mol. The van der Waals surface area contributed by atoms with Gasteiger partial charge in [0.05, 0.1) is 23.0 Å². The van der Waals surface area contributed by atoms with Gasteiger partial charge in [-0.05, 0) is 54.9 Å². The molecule has 2 unspecified atom stereocenters. The molecule has 11 heteroatoms. The van der Waals surface area contributed by atoms with E-state index in [1.165, 1.54) is 23.9 Å². The molecule has 2 aliphatic heterocycles. The zero-order chi connectivity index (χ0) is 27.8. The molecule has 3 heterocycles. The summed E-state index contributed by atoms with van der Waals surface area (Å²) in [6.45, 7) is 12.7. The number of esters is 1. The number of carbonyl (C=O) groups excluding carboxylic acids is 2. The Morgan fingerprint density at radius 1 is 1.26 bits per heavy atom. The van der Waals surface area contributed by atoms with Gasteiger partial charge in [0, 0.05) is 40.7 Å². The average Bonchev–Trinajstić information content (AvgIpc) is 3.16. The van der Waals surface area contributed by atoms with Crippen LogP contribution in [-0.2, 0) is 25.4 Å². The standard InChI is InChI=1S/C27H33N3O6SSi/c1-17(36-38(5,6)27(2,3)4)23-21-14-22(37-20-8-7-13-28-15-20)24(29(21)25(23)31)26(32)35-16-18-9-11-19(12-10-18)30(33)34/h7-13,15,17,21,23H,14,16H2,1-6H3/t17?,21-,23?/m1/s1. The molecule has 2 aromatic rings. The molecule has 1 fully saturated rings. The molecule has 3 atom stereocenters. The van der Waals surface area contributed by atoms with Crippen LogP contribution in [0, 0.1) is 16.0 Å². The summed E-state index contributed by atoms with van der Waals surface area (Å²) >= 11 is 1.41. The third kappa shape index (κ3) is 5.55. The molecule has 1 saturated heterocycles. The van der Waals surface area contributed by atoms with Gasteiger partial charge in [-0.1, -0.05) is 32.5 Å². The molecule has 2 aliphatic rings. The van der Waals surface area contributed by atoms with E-state index in [4.69, 9.17) is 9.16 Å². The van der Waals surface area contributed by atoms with E-state index in [0.29, 0.717) is 12.0 Å². The number of thioether (sulfide) groups is 1. The SMILES string of the molecule is CC(O[Si](C)(C)C(C)(C)C)C1C(=O)N2C(C(=O)OCc3ccc([N+](=O)[O-])cc3)=C(Sc3cccnc3)C[C@H]12. The van der Waals surface area contributed by atoms with Gasteiger partial charge in [0.1, 0.15) is 12.3 Å². The lowest BCUT2D eigenvalue weighted by atomic mass is 9.83. The fourth-order valence-corrected chi connectivity index (χ4v) is 7.00. The number of benzene rings is 1. The Hall–Kier alpha value is -3.02. The lowest BCUT2D eigenvalue weighted by Gasteiger charge is -2.48. The maximum Gasteiger partial charge on any atom is 0.356 e. The first kappa shape index (κ1) is 28.0. The molecular formula is C27H33N3O6SSi. The Labute approximate surface area is 227 Å². The molecule has 1 aromatic heterocycles. The predicted octanol–water partition coefficient (Wildman–Crippen LogP) is 5.68. The summed E-state index contributed by atoms with van der Waals surface area (Å²) in [6, 6.07) is 9.38. The van der Waals surface area contributed by atoms with Crippen LogP contribution >= 0.6 is 11.8 Å². The minimum atomic E-state index is -2.10. The Kier molecular flexibility index (Phi) is 7.83. The monoisotopic (exact) mass is 555 g/mol. The quantitative estimate of drug-likeness (QED) is 0.128. The summed E-state index contributed by atoms with van der Waals surface area (Å²) in [5.41, 5.74) is 0.833. The number of hydrogen-bond acceptors (Lipinski definition) is 8. The number of nitrogens with zero attached hydrogens (tertiary/aromatic N) is 3. The highest BCUT2D eigenvalue weighted by Crippen LogP contribution is 2.50. The maximum atomic E-state index is 13.4. The van der Waals surface area contributed by atoms with Crippen molar-refractivity contribution in [3.63, 3.8) is 0 Å². The number of fused-ring (bicyclic) bond motifs is 1. The van der Waals surface area contributed by atoms with Crippen molar-refractivity contribution in [3.8, 4) is 0 Å². The second kappa shape index (κ2) is 10.6. The Bertz CT molecular complexity index is 1260. The van der Waals surface area contributed by atoms with Crippen LogP contribution in [-0.4, -0.2) is 47.1 Å². The second-order valence-corrected chi connectivity index (χ2v) is 17.1. The van der Waals surface area contributed by atoms with Gasteiger partial charge in [0.25, 0.3) is 5.69 Å². The fraction of sp³-hybridized carbons (Fsp3) is 0.444. The van der Waals surface area contributed by atoms with Crippen molar-refractivity contribution in [1.82, 2.24) is 9.88 Å². The highest BCUT2D eigenvalue weighted by atomic mass is 32.2. The van der Waals surface area contributed by atoms with Crippen molar-refractivity contribution < 1.29 is 23.7 Å². The van der Waals surface area contributed by atoms with Gasteiger partial charge in [-0.2, -0.15) is 0 Å². The number of β-lactam (4-membered cyclic amide) rings is 1. The highest BCUT2D eigenvalue weighted by Gasteiger charge is 2.58. The van der Waals surface area contributed by atoms with Gasteiger partial charge >= 0.3 is 5.97 Å². The minimum absolute atomic E-state index is 0.00975. The third-order valence-corrected chi connectivity index (χ3v) is 13.2. The van der Waals surface area contributed by atoms with Gasteiger partial charge in [-0.25, -0.2) is 4.79 Å². The molecule has 0 radical (unpaired) electrons. The zero-order valence-corrected chi connectivity index (χ0v) is 24.3. The summed E-state index contributed by atoms with van der Waals surface area (Å²) in [4.78, 5) is 44.5. The molecule has 1 amide bonds. The summed E-state index contributed by atoms with van der Waals surface area (Å²) in [6.07, 6.45) is 3.65. The Morgan fingerprint density at radius 3 is 2.53 bits per heavy atom. The maximum absolute atomic E-state index is 13.4. The minimum Gasteiger partial charge on any atom is -0.456 e. The highest BCUT2D eigenvalue weighted by molar-refractivity contribution is 8.03. The number of amides is 1. The van der Waals surface area contributed by atoms with E-state index in [1.807, 2.05) is 19.1 Å². The van der Waals surface area contributed by atoms with Crippen LogP contribution in [0.5, 0.6) is 0 Å². The number of nitro groups is 1. The van der Waals surface area contributed by atoms with Gasteiger partial charge in [0.2, 0.25) is 5.91 Å². The number of ether oxygens (including phenoxy) is 1. The van der Waals surface area contributed by atoms with Gasteiger partial charge in [-0.3, -0.25) is 19.9 Å². The third-order valence-electron chi connectivity index (χ3n) is 7.55. The molecule has 38 heavy (non-hydrogen) atoms. The van der Waals surface area contributed by atoms with E-state index in [2.05, 4.69) is 38.8 Å². The van der Waals surface area contributed by atoms with E-state index < -0.39 is 19.2 Å². The number of pyridine rings is 1. The number of non-ortho nitro benzene ring substituents is 1. The summed E-state index contributed by atoms with van der Waals surface area (Å²) in [5, 5.41) is 10.9. The van der Waals surface area contributed by atoms with E-state index in [-0.39, 0.29) is 47.0 Å². The van der Waals surface area contributed by atoms with Crippen LogP contribution < -0.4 is 0 Å². The molecule has 0 saturated carbocycles. The molecular weight excluding hydrogens is 522 g/mol. The molecule has 202 valence electrons. The number of rotatable bonds is 9. The molecule has 9 nitrogen and oxygen atoms in total. The van der Waals surface area contributed by atoms with Crippen molar-refractivity contribution in [2.45, 2.75) is 75.9 Å². The predicted molar refractivity (Wildman–Crippen MR) is 146 cm³/mol. The lowest BCUT2D eigenvalue weighted by Crippen LogP contribution is -2.63. The van der Waals surface area contributed by atoms with Gasteiger partial charge in [0.15, 0.2) is 8.32 Å². The van der Waals surface area contributed by atoms with Crippen molar-refractivity contribution in [2.24, 2.45) is 5.92 Å². The number of nitro benzene ring substituents is 1. The first-order valence-electron chi connectivity index (χ1n) is 12.5. The van der Waals surface area contributed by atoms with E-state index >= 15 is 0 Å². The van der Waals surface area contributed by atoms with Crippen LogP contribution in [0.25, 0.3) is 0 Å². The largest absolute Gasteiger partial charge is 0.456 e. The molecule has 0 N–H and O–H groups in total. The van der Waals surface area contributed by atoms with Crippen molar-refractivity contribution in [3.05, 3.63) is 75.1 Å².